The van der Waals surface area contributed by atoms with Gasteiger partial charge >= 0.3 is 5.97 Å². The van der Waals surface area contributed by atoms with E-state index in [2.05, 4.69) is 41.5 Å². The summed E-state index contributed by atoms with van der Waals surface area (Å²) in [5.41, 5.74) is 4.37. The van der Waals surface area contributed by atoms with Crippen molar-refractivity contribution in [2.24, 2.45) is 0 Å². The Kier molecular flexibility index (Phi) is 14.0. The highest BCUT2D eigenvalue weighted by molar-refractivity contribution is 7.89. The molecule has 0 aromatic heterocycles. The Morgan fingerprint density at radius 3 is 2.22 bits per heavy atom. The van der Waals surface area contributed by atoms with Gasteiger partial charge in [0.2, 0.25) is 10.0 Å². The summed E-state index contributed by atoms with van der Waals surface area (Å²) in [6.45, 7) is 16.6. The molecule has 1 amide bonds. The van der Waals surface area contributed by atoms with E-state index in [1.807, 2.05) is 37.3 Å². The van der Waals surface area contributed by atoms with Crippen LogP contribution >= 0.6 is 0 Å². The highest BCUT2D eigenvalue weighted by atomic mass is 32.2. The molecule has 0 spiro atoms. The van der Waals surface area contributed by atoms with Gasteiger partial charge in [-0.25, -0.2) is 13.2 Å². The van der Waals surface area contributed by atoms with Crippen molar-refractivity contribution in [1.82, 2.24) is 4.31 Å². The van der Waals surface area contributed by atoms with Gasteiger partial charge in [-0.05, 0) is 83.9 Å². The largest absolute Gasteiger partial charge is 0.482 e. The van der Waals surface area contributed by atoms with Gasteiger partial charge in [-0.2, -0.15) is 4.31 Å². The quantitative estimate of drug-likeness (QED) is 0.108. The van der Waals surface area contributed by atoms with E-state index < -0.39 is 36.5 Å². The standard InChI is InChI=1S/C42H58N2O9SSi/c1-28(2)55(29(3)4,30(5)6)53-26-35-23-37(33-13-15-34(16-14-33)42(46)47)40(24-44(35)54(48,49)36-17-10-31(7)11-18-36)51-25-32-12-19-39-38(22-32)43(20-9-21-50-8)41(45)27-52-39/h10-19,22,28-30,35,37,40H,9,20-21,23-27H2,1-8H3,(H,46,47)/t35-,37+,40-/m0/s1. The van der Waals surface area contributed by atoms with E-state index >= 15 is 0 Å². The lowest BCUT2D eigenvalue weighted by Crippen LogP contribution is -2.56. The summed E-state index contributed by atoms with van der Waals surface area (Å²) in [5.74, 6) is -0.823. The number of carboxylic acids is 1. The number of carboxylic acid groups (broad SMARTS) is 1. The summed E-state index contributed by atoms with van der Waals surface area (Å²) >= 11 is 0. The van der Waals surface area contributed by atoms with Crippen molar-refractivity contribution >= 4 is 35.9 Å². The molecule has 2 aliphatic rings. The van der Waals surface area contributed by atoms with Crippen LogP contribution in [0, 0.1) is 6.92 Å². The molecule has 3 aromatic rings. The zero-order valence-corrected chi connectivity index (χ0v) is 35.3. The van der Waals surface area contributed by atoms with Gasteiger partial charge in [-0.1, -0.05) is 77.4 Å². The maximum atomic E-state index is 14.7. The van der Waals surface area contributed by atoms with Gasteiger partial charge in [0.25, 0.3) is 5.91 Å². The van der Waals surface area contributed by atoms with Crippen molar-refractivity contribution in [2.75, 3.05) is 44.9 Å². The number of rotatable bonds is 17. The lowest BCUT2D eigenvalue weighted by Gasteiger charge is -2.47. The number of carbonyl (C=O) groups is 2. The maximum absolute atomic E-state index is 14.7. The fourth-order valence-electron chi connectivity index (χ4n) is 8.59. The fourth-order valence-corrected chi connectivity index (χ4v) is 15.7. The van der Waals surface area contributed by atoms with Crippen molar-refractivity contribution in [2.45, 2.75) is 107 Å². The highest BCUT2D eigenvalue weighted by Gasteiger charge is 2.48. The Labute approximate surface area is 328 Å². The number of hydrogen-bond acceptors (Lipinski definition) is 8. The fraction of sp³-hybridized carbons (Fsp3) is 0.524. The number of aromatic carboxylic acids is 1. The molecule has 300 valence electrons. The molecular formula is C42H58N2O9SSi. The highest BCUT2D eigenvalue weighted by Crippen LogP contribution is 2.44. The van der Waals surface area contributed by atoms with Crippen LogP contribution in [0.25, 0.3) is 0 Å². The van der Waals surface area contributed by atoms with Gasteiger partial charge in [-0.3, -0.25) is 4.79 Å². The van der Waals surface area contributed by atoms with Gasteiger partial charge in [0.1, 0.15) is 5.75 Å². The minimum atomic E-state index is -3.99. The normalized spacial score (nSPS) is 19.6. The molecule has 1 saturated heterocycles. The van der Waals surface area contributed by atoms with Crippen LogP contribution in [-0.4, -0.2) is 90.2 Å². The van der Waals surface area contributed by atoms with Crippen LogP contribution in [0.1, 0.15) is 87.4 Å². The van der Waals surface area contributed by atoms with Crippen LogP contribution in [0.4, 0.5) is 5.69 Å². The number of anilines is 1. The number of piperidine rings is 1. The van der Waals surface area contributed by atoms with E-state index in [1.54, 1.807) is 52.7 Å². The summed E-state index contributed by atoms with van der Waals surface area (Å²) < 4.78 is 55.7. The topological polar surface area (TPSA) is 132 Å². The van der Waals surface area contributed by atoms with Gasteiger partial charge in [0.05, 0.1) is 35.5 Å². The Bertz CT molecular complexity index is 1860. The van der Waals surface area contributed by atoms with Gasteiger partial charge in [0.15, 0.2) is 14.9 Å². The van der Waals surface area contributed by atoms with E-state index in [0.717, 1.165) is 16.7 Å². The average Bonchev–Trinajstić information content (AvgIpc) is 3.14. The average molecular weight is 795 g/mol. The molecule has 0 aliphatic carbocycles. The van der Waals surface area contributed by atoms with Crippen molar-refractivity contribution in [3.63, 3.8) is 0 Å². The molecule has 0 radical (unpaired) electrons. The van der Waals surface area contributed by atoms with Crippen LogP contribution < -0.4 is 9.64 Å². The first-order valence-electron chi connectivity index (χ1n) is 19.3. The third-order valence-electron chi connectivity index (χ3n) is 11.3. The number of ether oxygens (including phenoxy) is 3. The second kappa shape index (κ2) is 18.1. The second-order valence-electron chi connectivity index (χ2n) is 15.8. The molecule has 0 unspecified atom stereocenters. The number of aryl methyl sites for hydroxylation is 1. The molecule has 3 aromatic carbocycles. The molecule has 13 heteroatoms. The first-order chi connectivity index (χ1) is 26.1. The summed E-state index contributed by atoms with van der Waals surface area (Å²) in [7, 11) is -4.75. The number of hydrogen-bond donors (Lipinski definition) is 1. The number of nitrogens with zero attached hydrogens (tertiary/aromatic N) is 2. The number of methoxy groups -OCH3 is 1. The van der Waals surface area contributed by atoms with E-state index in [-0.39, 0.29) is 48.6 Å². The van der Waals surface area contributed by atoms with Crippen LogP contribution in [0.3, 0.4) is 0 Å². The molecule has 1 fully saturated rings. The first kappa shape index (κ1) is 42.5. The Hall–Kier alpha value is -3.59. The van der Waals surface area contributed by atoms with Gasteiger partial charge in [0, 0.05) is 38.8 Å². The summed E-state index contributed by atoms with van der Waals surface area (Å²) in [5, 5.41) is 9.65. The number of fused-ring (bicyclic) bond motifs is 1. The molecule has 2 heterocycles. The SMILES string of the molecule is COCCCN1C(=O)COc2ccc(CO[C@H]3CN(S(=O)(=O)c4ccc(C)cc4)[C@H](CO[Si](C(C)C)(C(C)C)C(C)C)C[C@@H]3c3ccc(C(=O)O)cc3)cc21. The molecule has 5 rings (SSSR count). The number of sulfonamides is 1. The minimum Gasteiger partial charge on any atom is -0.482 e. The molecule has 2 aliphatic heterocycles. The number of carbonyl (C=O) groups excluding carboxylic acids is 1. The van der Waals surface area contributed by atoms with Gasteiger partial charge < -0.3 is 28.6 Å². The predicted octanol–water partition coefficient (Wildman–Crippen LogP) is 7.78. The third-order valence-corrected chi connectivity index (χ3v) is 19.4. The molecule has 0 saturated carbocycles. The monoisotopic (exact) mass is 794 g/mol. The van der Waals surface area contributed by atoms with Crippen molar-refractivity contribution < 1.29 is 41.7 Å². The smallest absolute Gasteiger partial charge is 0.335 e. The Morgan fingerprint density at radius 1 is 0.964 bits per heavy atom. The third kappa shape index (κ3) is 9.35. The van der Waals surface area contributed by atoms with Crippen molar-refractivity contribution in [3.05, 3.63) is 89.0 Å². The van der Waals surface area contributed by atoms with Crippen molar-refractivity contribution in [3.8, 4) is 5.75 Å². The lowest BCUT2D eigenvalue weighted by atomic mass is 9.84. The zero-order valence-electron chi connectivity index (χ0n) is 33.5. The molecule has 3 atom stereocenters. The predicted molar refractivity (Wildman–Crippen MR) is 216 cm³/mol. The van der Waals surface area contributed by atoms with E-state index in [0.29, 0.717) is 54.1 Å². The second-order valence-corrected chi connectivity index (χ2v) is 23.1. The Morgan fingerprint density at radius 2 is 1.62 bits per heavy atom. The van der Waals surface area contributed by atoms with Crippen LogP contribution in [0.5, 0.6) is 5.75 Å². The molecular weight excluding hydrogens is 737 g/mol. The van der Waals surface area contributed by atoms with E-state index in [1.165, 1.54) is 0 Å². The molecule has 1 N–H and O–H groups in total. The molecule has 11 nitrogen and oxygen atoms in total. The summed E-state index contributed by atoms with van der Waals surface area (Å²) in [4.78, 5) is 26.6. The van der Waals surface area contributed by atoms with E-state index in [4.69, 9.17) is 18.6 Å². The lowest BCUT2D eigenvalue weighted by molar-refractivity contribution is -0.121. The van der Waals surface area contributed by atoms with Crippen LogP contribution in [0.2, 0.25) is 16.6 Å². The van der Waals surface area contributed by atoms with Crippen LogP contribution in [-0.2, 0) is 35.3 Å². The number of benzene rings is 3. The molecule has 0 bridgehead atoms. The maximum Gasteiger partial charge on any atom is 0.335 e. The van der Waals surface area contributed by atoms with Gasteiger partial charge in [-0.15, -0.1) is 0 Å². The van der Waals surface area contributed by atoms with E-state index in [9.17, 15) is 23.1 Å². The Balaban J connectivity index is 1.52. The zero-order chi connectivity index (χ0) is 40.1. The van der Waals surface area contributed by atoms with Crippen LogP contribution in [0.15, 0.2) is 71.6 Å². The summed E-state index contributed by atoms with van der Waals surface area (Å²) in [6.07, 6.45) is 0.472. The first-order valence-corrected chi connectivity index (χ1v) is 22.9. The number of amides is 1. The van der Waals surface area contributed by atoms with Crippen molar-refractivity contribution in [1.29, 1.82) is 0 Å². The minimum absolute atomic E-state index is 0.0362. The summed E-state index contributed by atoms with van der Waals surface area (Å²) in [6, 6.07) is 18.8. The molecule has 55 heavy (non-hydrogen) atoms.